The second kappa shape index (κ2) is 21.0. The minimum absolute atomic E-state index is 0.0280. The summed E-state index contributed by atoms with van der Waals surface area (Å²) in [6, 6.07) is 0. The highest BCUT2D eigenvalue weighted by Gasteiger charge is 2.50. The molecular formula is C51H73N7O10. The average Bonchev–Trinajstić information content (AvgIpc) is 3.77. The lowest BCUT2D eigenvalue weighted by Crippen LogP contribution is -2.46. The summed E-state index contributed by atoms with van der Waals surface area (Å²) in [6.45, 7) is 20.6. The van der Waals surface area contributed by atoms with Gasteiger partial charge in [0.2, 0.25) is 0 Å². The molecular weight excluding hydrogens is 871 g/mol. The van der Waals surface area contributed by atoms with Crippen molar-refractivity contribution in [1.82, 2.24) is 9.91 Å². The largest absolute Gasteiger partial charge is 0.507 e. The molecule has 0 radical (unpaired) electrons. The van der Waals surface area contributed by atoms with E-state index in [-0.39, 0.29) is 68.2 Å². The topological polar surface area (TPSA) is 244 Å². The highest BCUT2D eigenvalue weighted by Crippen LogP contribution is 2.50. The van der Waals surface area contributed by atoms with Gasteiger partial charge in [-0.1, -0.05) is 73.1 Å². The molecule has 2 aromatic carbocycles. The van der Waals surface area contributed by atoms with Crippen LogP contribution in [-0.4, -0.2) is 106 Å². The van der Waals surface area contributed by atoms with Crippen LogP contribution in [-0.2, 0) is 23.8 Å². The third kappa shape index (κ3) is 10.7. The van der Waals surface area contributed by atoms with Crippen LogP contribution in [0.2, 0.25) is 0 Å². The lowest BCUT2D eigenvalue weighted by molar-refractivity contribution is -0.162. The van der Waals surface area contributed by atoms with Crippen LogP contribution in [0, 0.1) is 36.5 Å². The Bertz CT molecular complexity index is 2510. The van der Waals surface area contributed by atoms with Crippen molar-refractivity contribution in [3.05, 3.63) is 69.9 Å². The summed E-state index contributed by atoms with van der Waals surface area (Å²) in [5.41, 5.74) is 6.11. The summed E-state index contributed by atoms with van der Waals surface area (Å²) in [4.78, 5) is 55.1. The molecule has 3 unspecified atom stereocenters. The van der Waals surface area contributed by atoms with Gasteiger partial charge in [-0.2, -0.15) is 0 Å². The number of phenols is 2. The SMILES string of the molecule is CCC/C(N)=C/N(N)CC(=O)OC1[C@H](C)C(O)[C@H](C)C[C@@H](C)/C=C/C=C(/C)C(=O)Nc2c(O)c3c(O)c(C)c4c(c3c3c2=NC2(CCN(CC(C)C)CC2)N=3)C(=O)C(C)(O/C=C/[C@H](OC)[C@H]1C)O4. The number of aliphatic hydroxyl groups excluding tert-OH is 1. The zero-order valence-corrected chi connectivity index (χ0v) is 41.6. The number of carbonyl (C=O) groups excluding carboxylic acids is 3. The Balaban J connectivity index is 1.46. The first-order chi connectivity index (χ1) is 32.0. The van der Waals surface area contributed by atoms with E-state index in [4.69, 9.17) is 40.5 Å². The number of nitrogens with zero attached hydrogens (tertiary/aromatic N) is 4. The maximum Gasteiger partial charge on any atom is 0.327 e. The number of methoxy groups -OCH3 is 1. The normalized spacial score (nSPS) is 29.6. The third-order valence-electron chi connectivity index (χ3n) is 13.8. The zero-order chi connectivity index (χ0) is 50.0. The van der Waals surface area contributed by atoms with E-state index in [1.54, 1.807) is 32.1 Å². The first-order valence-corrected chi connectivity index (χ1v) is 23.9. The van der Waals surface area contributed by atoms with Gasteiger partial charge >= 0.3 is 11.8 Å². The summed E-state index contributed by atoms with van der Waals surface area (Å²) in [7, 11) is 1.49. The predicted octanol–water partition coefficient (Wildman–Crippen LogP) is 5.53. The lowest BCUT2D eigenvalue weighted by atomic mass is 9.79. The molecule has 1 fully saturated rings. The molecule has 5 heterocycles. The molecule has 8 atom stereocenters. The van der Waals surface area contributed by atoms with Gasteiger partial charge in [0.05, 0.1) is 34.8 Å². The number of likely N-dealkylation sites (tertiary alicyclic amines) is 1. The molecule has 17 heteroatoms. The number of piperidine rings is 1. The molecule has 1 spiro atoms. The number of nitrogens with two attached hydrogens (primary N) is 2. The zero-order valence-electron chi connectivity index (χ0n) is 41.6. The fraction of sp³-hybridized carbons (Fsp3) is 0.588. The van der Waals surface area contributed by atoms with Crippen LogP contribution < -0.4 is 32.3 Å². The molecule has 5 aliphatic rings. The number of ether oxygens (including phenoxy) is 4. The first-order valence-electron chi connectivity index (χ1n) is 23.9. The van der Waals surface area contributed by atoms with Gasteiger partial charge in [0.25, 0.3) is 11.7 Å². The lowest BCUT2D eigenvalue weighted by Gasteiger charge is -2.37. The number of nitrogens with one attached hydrogen (secondary N) is 1. The van der Waals surface area contributed by atoms with Crippen LogP contribution in [0.1, 0.15) is 110 Å². The first kappa shape index (κ1) is 51.9. The highest BCUT2D eigenvalue weighted by molar-refractivity contribution is 6.19. The third-order valence-corrected chi connectivity index (χ3v) is 13.8. The number of carbonyl (C=O) groups is 3. The maximum atomic E-state index is 14.9. The number of rotatable bonds is 9. The molecule has 68 heavy (non-hydrogen) atoms. The number of amides is 1. The molecule has 372 valence electrons. The van der Waals surface area contributed by atoms with Crippen molar-refractivity contribution in [2.45, 2.75) is 131 Å². The highest BCUT2D eigenvalue weighted by atomic mass is 16.7. The van der Waals surface area contributed by atoms with Crippen LogP contribution >= 0.6 is 0 Å². The second-order valence-corrected chi connectivity index (χ2v) is 19.9. The molecule has 0 saturated carbocycles. The van der Waals surface area contributed by atoms with Gasteiger partial charge < -0.3 is 55.2 Å². The van der Waals surface area contributed by atoms with E-state index >= 15 is 0 Å². The van der Waals surface area contributed by atoms with Crippen molar-refractivity contribution in [1.29, 1.82) is 0 Å². The number of fused-ring (bicyclic) bond motifs is 13. The number of aromatic hydroxyl groups is 2. The number of esters is 1. The number of hydrazine groups is 1. The molecule has 0 aliphatic carbocycles. The summed E-state index contributed by atoms with van der Waals surface area (Å²) in [5, 5.41) is 40.5. The quantitative estimate of drug-likeness (QED) is 0.0784. The summed E-state index contributed by atoms with van der Waals surface area (Å²) in [5.74, 6) is 0.549. The van der Waals surface area contributed by atoms with E-state index in [2.05, 4.69) is 24.1 Å². The van der Waals surface area contributed by atoms with Crippen LogP contribution in [0.5, 0.6) is 17.2 Å². The van der Waals surface area contributed by atoms with Crippen LogP contribution in [0.3, 0.4) is 0 Å². The predicted molar refractivity (Wildman–Crippen MR) is 259 cm³/mol. The Kier molecular flexibility index (Phi) is 16.0. The van der Waals surface area contributed by atoms with Crippen LogP contribution in [0.15, 0.2) is 58.0 Å². The number of Topliss-reactive ketones (excluding diaryl/α,β-unsaturated/α-hetero) is 1. The molecule has 8 N–H and O–H groups in total. The van der Waals surface area contributed by atoms with Crippen molar-refractivity contribution in [2.24, 2.45) is 51.2 Å². The van der Waals surface area contributed by atoms with Crippen molar-refractivity contribution in [3.8, 4) is 17.2 Å². The van der Waals surface area contributed by atoms with E-state index in [1.807, 2.05) is 40.7 Å². The van der Waals surface area contributed by atoms with Crippen molar-refractivity contribution >= 4 is 34.1 Å². The number of phenolic OH excluding ortho intramolecular Hbond substituents is 2. The van der Waals surface area contributed by atoms with Gasteiger partial charge in [0.15, 0.2) is 11.4 Å². The van der Waals surface area contributed by atoms with Crippen molar-refractivity contribution in [2.75, 3.05) is 38.6 Å². The minimum Gasteiger partial charge on any atom is -0.507 e. The number of benzene rings is 2. The second-order valence-electron chi connectivity index (χ2n) is 19.9. The van der Waals surface area contributed by atoms with Gasteiger partial charge in [-0.25, -0.2) is 5.84 Å². The Labute approximate surface area is 399 Å². The summed E-state index contributed by atoms with van der Waals surface area (Å²) in [6.07, 6.45) is 10.2. The fourth-order valence-corrected chi connectivity index (χ4v) is 10.0. The monoisotopic (exact) mass is 944 g/mol. The number of hydrogen-bond donors (Lipinski definition) is 6. The molecule has 0 aromatic heterocycles. The molecule has 2 aromatic rings. The number of hydrogen-bond acceptors (Lipinski definition) is 16. The Morgan fingerprint density at radius 1 is 1.06 bits per heavy atom. The van der Waals surface area contributed by atoms with E-state index in [0.717, 1.165) is 13.0 Å². The molecule has 5 bridgehead atoms. The number of allylic oxidation sites excluding steroid dienone is 4. The standard InChI is InChI=1S/C51H73N7O10/c1-12-14-34(52)25-58(53)26-36(59)67-46-31(7)35(65-11)17-22-66-50(10)48(63)39-37-38(44(61)33(9)47(39)68-50)45(62)42(41-40(37)55-51(56-41)18-20-57(21-19-51)24-27(2)3)54-49(64)29(5)16-13-15-28(4)23-30(6)43(60)32(46)8/h13,15-17,22,25,27-28,30-32,35,43,46,60-62H,12,14,18-21,23-24,26,52-53H2,1-11H3,(H,54,64)/b15-13+,22-17+,29-16-,34-25-/t28-,30+,31+,32+,35-,43?,46?,50?/m0/s1. The molecule has 1 saturated heterocycles. The number of ketones is 1. The summed E-state index contributed by atoms with van der Waals surface area (Å²) < 4.78 is 24.6. The van der Waals surface area contributed by atoms with Gasteiger partial charge in [-0.15, -0.1) is 0 Å². The van der Waals surface area contributed by atoms with Crippen molar-refractivity contribution < 1.29 is 48.7 Å². The molecule has 7 rings (SSSR count). The maximum absolute atomic E-state index is 14.9. The molecule has 17 nitrogen and oxygen atoms in total. The Hall–Kier alpha value is -5.49. The smallest absolute Gasteiger partial charge is 0.327 e. The average molecular weight is 944 g/mol. The van der Waals surface area contributed by atoms with Gasteiger partial charge in [0.1, 0.15) is 35.2 Å². The van der Waals surface area contributed by atoms with E-state index in [0.29, 0.717) is 56.0 Å². The van der Waals surface area contributed by atoms with E-state index in [9.17, 15) is 29.7 Å². The Morgan fingerprint density at radius 3 is 2.38 bits per heavy atom. The van der Waals surface area contributed by atoms with Gasteiger partial charge in [0, 0.05) is 86.8 Å². The van der Waals surface area contributed by atoms with E-state index in [1.165, 1.54) is 31.5 Å². The van der Waals surface area contributed by atoms with Crippen molar-refractivity contribution in [3.63, 3.8) is 0 Å². The van der Waals surface area contributed by atoms with Gasteiger partial charge in [-0.05, 0) is 50.5 Å². The minimum atomic E-state index is -1.97. The number of aliphatic hydroxyl groups is 1. The molecule has 5 aliphatic heterocycles. The fourth-order valence-electron chi connectivity index (χ4n) is 10.0. The van der Waals surface area contributed by atoms with E-state index < -0.39 is 65.0 Å². The Morgan fingerprint density at radius 2 is 1.74 bits per heavy atom. The van der Waals surface area contributed by atoms with Crippen LogP contribution in [0.4, 0.5) is 5.69 Å². The van der Waals surface area contributed by atoms with Crippen LogP contribution in [0.25, 0.3) is 10.8 Å². The molecule has 1 amide bonds. The number of anilines is 1. The summed E-state index contributed by atoms with van der Waals surface area (Å²) >= 11 is 0. The van der Waals surface area contributed by atoms with Gasteiger partial charge in [-0.3, -0.25) is 24.4 Å².